The van der Waals surface area contributed by atoms with Crippen molar-refractivity contribution < 1.29 is 4.79 Å². The average molecular weight is 357 g/mol. The Morgan fingerprint density at radius 3 is 2.73 bits per heavy atom. The monoisotopic (exact) mass is 356 g/mol. The van der Waals surface area contributed by atoms with Crippen molar-refractivity contribution in [3.05, 3.63) is 70.3 Å². The Hall–Kier alpha value is -2.07. The second kappa shape index (κ2) is 6.36. The number of hydrogen-bond donors (Lipinski definition) is 2. The van der Waals surface area contributed by atoms with Crippen LogP contribution >= 0.6 is 15.9 Å². The normalized spacial score (nSPS) is 12.3. The molecule has 112 valence electrons. The summed E-state index contributed by atoms with van der Waals surface area (Å²) in [5.41, 5.74) is 2.77. The van der Waals surface area contributed by atoms with E-state index in [4.69, 9.17) is 0 Å². The third-order valence-corrected chi connectivity index (χ3v) is 4.26. The molecule has 0 saturated heterocycles. The number of fused-ring (bicyclic) bond motifs is 1. The van der Waals surface area contributed by atoms with Gasteiger partial charge in [0, 0.05) is 21.9 Å². The number of aromatic nitrogens is 1. The number of carbonyl (C=O) groups is 1. The van der Waals surface area contributed by atoms with Crippen LogP contribution in [-0.2, 0) is 0 Å². The highest BCUT2D eigenvalue weighted by atomic mass is 79.9. The van der Waals surface area contributed by atoms with Crippen LogP contribution in [0.1, 0.15) is 28.9 Å². The summed E-state index contributed by atoms with van der Waals surface area (Å²) in [6.45, 7) is 2.72. The summed E-state index contributed by atoms with van der Waals surface area (Å²) in [5.74, 6) is 0.207. The van der Waals surface area contributed by atoms with Crippen LogP contribution in [0.3, 0.4) is 0 Å². The van der Waals surface area contributed by atoms with Crippen LogP contribution in [-0.4, -0.2) is 17.4 Å². The van der Waals surface area contributed by atoms with Gasteiger partial charge in [-0.3, -0.25) is 4.79 Å². The molecule has 0 saturated carbocycles. The molecule has 4 heteroatoms. The summed E-state index contributed by atoms with van der Waals surface area (Å²) >= 11 is 3.43. The Morgan fingerprint density at radius 2 is 1.95 bits per heavy atom. The zero-order valence-electron chi connectivity index (χ0n) is 12.3. The van der Waals surface area contributed by atoms with E-state index in [1.54, 1.807) is 0 Å². The maximum Gasteiger partial charge on any atom is 0.267 e. The number of amides is 1. The van der Waals surface area contributed by atoms with Crippen LogP contribution in [0, 0.1) is 0 Å². The third kappa shape index (κ3) is 3.22. The first-order chi connectivity index (χ1) is 10.6. The molecule has 0 bridgehead atoms. The highest BCUT2D eigenvalue weighted by molar-refractivity contribution is 9.10. The summed E-state index contributed by atoms with van der Waals surface area (Å²) in [6, 6.07) is 18.0. The van der Waals surface area contributed by atoms with E-state index in [2.05, 4.69) is 45.3 Å². The molecule has 0 fully saturated rings. The lowest BCUT2D eigenvalue weighted by Gasteiger charge is -2.12. The predicted octanol–water partition coefficient (Wildman–Crippen LogP) is 4.46. The Bertz CT molecular complexity index is 795. The van der Waals surface area contributed by atoms with Crippen molar-refractivity contribution in [2.24, 2.45) is 0 Å². The molecule has 22 heavy (non-hydrogen) atoms. The molecule has 3 aromatic rings. The quantitative estimate of drug-likeness (QED) is 0.711. The van der Waals surface area contributed by atoms with E-state index in [1.807, 2.05) is 42.5 Å². The highest BCUT2D eigenvalue weighted by Crippen LogP contribution is 2.20. The van der Waals surface area contributed by atoms with Crippen molar-refractivity contribution in [3.8, 4) is 0 Å². The van der Waals surface area contributed by atoms with Crippen LogP contribution in [0.15, 0.2) is 59.1 Å². The Labute approximate surface area is 137 Å². The van der Waals surface area contributed by atoms with Gasteiger partial charge in [-0.1, -0.05) is 59.3 Å². The van der Waals surface area contributed by atoms with Crippen molar-refractivity contribution in [2.75, 3.05) is 6.54 Å². The van der Waals surface area contributed by atoms with Gasteiger partial charge in [0.15, 0.2) is 0 Å². The Kier molecular flexibility index (Phi) is 4.29. The molecule has 3 rings (SSSR count). The van der Waals surface area contributed by atoms with Gasteiger partial charge in [0.1, 0.15) is 5.69 Å². The molecule has 0 aliphatic carbocycles. The zero-order chi connectivity index (χ0) is 15.5. The smallest absolute Gasteiger partial charge is 0.267 e. The van der Waals surface area contributed by atoms with Crippen LogP contribution in [0.4, 0.5) is 0 Å². The summed E-state index contributed by atoms with van der Waals surface area (Å²) < 4.78 is 0.992. The van der Waals surface area contributed by atoms with Gasteiger partial charge < -0.3 is 10.3 Å². The number of hydrogen-bond acceptors (Lipinski definition) is 1. The summed E-state index contributed by atoms with van der Waals surface area (Å²) in [6.07, 6.45) is 0. The number of rotatable bonds is 4. The highest BCUT2D eigenvalue weighted by Gasteiger charge is 2.11. The van der Waals surface area contributed by atoms with Gasteiger partial charge in [0.2, 0.25) is 0 Å². The van der Waals surface area contributed by atoms with Crippen molar-refractivity contribution in [3.63, 3.8) is 0 Å². The molecule has 2 aromatic carbocycles. The fourth-order valence-corrected chi connectivity index (χ4v) is 2.82. The molecular formula is C18H17BrN2O. The first-order valence-electron chi connectivity index (χ1n) is 7.25. The Balaban J connectivity index is 1.68. The number of H-pyrrole nitrogens is 1. The molecular weight excluding hydrogens is 340 g/mol. The fourth-order valence-electron chi connectivity index (χ4n) is 2.46. The molecule has 0 aliphatic rings. The lowest BCUT2D eigenvalue weighted by molar-refractivity contribution is 0.0947. The molecule has 0 spiro atoms. The predicted molar refractivity (Wildman–Crippen MR) is 93.2 cm³/mol. The van der Waals surface area contributed by atoms with E-state index < -0.39 is 0 Å². The standard InChI is InChI=1S/C18H17BrN2O/c1-12(13-5-3-2-4-6-13)11-20-18(22)17-9-14-7-8-15(19)10-16(14)21-17/h2-10,12,21H,11H2,1H3,(H,20,22). The average Bonchev–Trinajstić information content (AvgIpc) is 2.96. The second-order valence-corrected chi connectivity index (χ2v) is 6.35. The van der Waals surface area contributed by atoms with E-state index in [0.717, 1.165) is 15.4 Å². The van der Waals surface area contributed by atoms with Gasteiger partial charge >= 0.3 is 0 Å². The number of halogens is 1. The van der Waals surface area contributed by atoms with Gasteiger partial charge in [-0.25, -0.2) is 0 Å². The first kappa shape index (κ1) is 14.9. The maximum atomic E-state index is 12.3. The van der Waals surface area contributed by atoms with Crippen molar-refractivity contribution >= 4 is 32.7 Å². The Morgan fingerprint density at radius 1 is 1.18 bits per heavy atom. The summed E-state index contributed by atoms with van der Waals surface area (Å²) in [7, 11) is 0. The molecule has 1 unspecified atom stereocenters. The maximum absolute atomic E-state index is 12.3. The van der Waals surface area contributed by atoms with Gasteiger partial charge in [0.25, 0.3) is 5.91 Å². The molecule has 0 radical (unpaired) electrons. The third-order valence-electron chi connectivity index (χ3n) is 3.77. The molecule has 2 N–H and O–H groups in total. The van der Waals surface area contributed by atoms with E-state index in [1.165, 1.54) is 5.56 Å². The largest absolute Gasteiger partial charge is 0.350 e. The summed E-state index contributed by atoms with van der Waals surface area (Å²) in [4.78, 5) is 15.4. The van der Waals surface area contributed by atoms with Gasteiger partial charge in [0.05, 0.1) is 0 Å². The van der Waals surface area contributed by atoms with E-state index in [0.29, 0.717) is 12.2 Å². The van der Waals surface area contributed by atoms with Crippen LogP contribution < -0.4 is 5.32 Å². The van der Waals surface area contributed by atoms with Crippen LogP contribution in [0.5, 0.6) is 0 Å². The topological polar surface area (TPSA) is 44.9 Å². The molecule has 1 amide bonds. The van der Waals surface area contributed by atoms with Gasteiger partial charge in [-0.2, -0.15) is 0 Å². The van der Waals surface area contributed by atoms with Gasteiger partial charge in [-0.05, 0) is 29.7 Å². The number of aromatic amines is 1. The molecule has 1 heterocycles. The first-order valence-corrected chi connectivity index (χ1v) is 8.04. The molecule has 1 aromatic heterocycles. The van der Waals surface area contributed by atoms with Crippen molar-refractivity contribution in [1.82, 2.24) is 10.3 Å². The number of benzene rings is 2. The van der Waals surface area contributed by atoms with E-state index in [9.17, 15) is 4.79 Å². The van der Waals surface area contributed by atoms with Gasteiger partial charge in [-0.15, -0.1) is 0 Å². The molecule has 1 atom stereocenters. The SMILES string of the molecule is CC(CNC(=O)c1cc2ccc(Br)cc2[nH]1)c1ccccc1. The minimum Gasteiger partial charge on any atom is -0.350 e. The minimum absolute atomic E-state index is 0.0740. The second-order valence-electron chi connectivity index (χ2n) is 5.44. The number of nitrogens with one attached hydrogen (secondary N) is 2. The zero-order valence-corrected chi connectivity index (χ0v) is 13.9. The molecule has 0 aliphatic heterocycles. The lowest BCUT2D eigenvalue weighted by Crippen LogP contribution is -2.27. The lowest BCUT2D eigenvalue weighted by atomic mass is 10.0. The van der Waals surface area contributed by atoms with Crippen LogP contribution in [0.25, 0.3) is 10.9 Å². The molecule has 3 nitrogen and oxygen atoms in total. The summed E-state index contributed by atoms with van der Waals surface area (Å²) in [5, 5.41) is 4.02. The van der Waals surface area contributed by atoms with Crippen LogP contribution in [0.2, 0.25) is 0 Å². The minimum atomic E-state index is -0.0740. The van der Waals surface area contributed by atoms with Crippen molar-refractivity contribution in [1.29, 1.82) is 0 Å². The fraction of sp³-hybridized carbons (Fsp3) is 0.167. The van der Waals surface area contributed by atoms with Crippen molar-refractivity contribution in [2.45, 2.75) is 12.8 Å². The van der Waals surface area contributed by atoms with E-state index in [-0.39, 0.29) is 11.8 Å². The van der Waals surface area contributed by atoms with E-state index >= 15 is 0 Å². The number of carbonyl (C=O) groups excluding carboxylic acids is 1.